The van der Waals surface area contributed by atoms with Gasteiger partial charge in [0, 0.05) is 6.04 Å². The van der Waals surface area contributed by atoms with E-state index in [0.29, 0.717) is 5.56 Å². The number of hydrogen-bond donors (Lipinski definition) is 1. The molecule has 0 aliphatic rings. The van der Waals surface area contributed by atoms with E-state index in [9.17, 15) is 9.59 Å². The number of hydrogen-bond acceptors (Lipinski definition) is 2. The van der Waals surface area contributed by atoms with Crippen molar-refractivity contribution in [1.82, 2.24) is 9.55 Å². The van der Waals surface area contributed by atoms with Crippen molar-refractivity contribution in [2.24, 2.45) is 0 Å². The monoisotopic (exact) mass is 272 g/mol. The molecule has 0 aliphatic carbocycles. The molecule has 18 heavy (non-hydrogen) atoms. The number of aromatic amines is 1. The zero-order valence-corrected chi connectivity index (χ0v) is 12.2. The largest absolute Gasteiger partial charge is 0.329 e. The average Bonchev–Trinajstić information content (AvgIpc) is 2.24. The molecule has 0 radical (unpaired) electrons. The molecule has 0 amide bonds. The summed E-state index contributed by atoms with van der Waals surface area (Å²) in [6, 6.07) is -0.101. The highest BCUT2D eigenvalue weighted by atomic mass is 35.5. The van der Waals surface area contributed by atoms with Crippen LogP contribution in [0, 0.1) is 0 Å². The van der Waals surface area contributed by atoms with E-state index in [1.54, 1.807) is 0 Å². The van der Waals surface area contributed by atoms with E-state index in [1.807, 2.05) is 20.8 Å². The topological polar surface area (TPSA) is 54.9 Å². The van der Waals surface area contributed by atoms with Gasteiger partial charge in [-0.15, -0.1) is 0 Å². The maximum atomic E-state index is 12.3. The molecule has 0 saturated heterocycles. The van der Waals surface area contributed by atoms with Gasteiger partial charge in [-0.2, -0.15) is 0 Å². The van der Waals surface area contributed by atoms with Gasteiger partial charge in [0.25, 0.3) is 5.56 Å². The van der Waals surface area contributed by atoms with E-state index in [0.717, 1.165) is 19.3 Å². The fourth-order valence-corrected chi connectivity index (χ4v) is 2.45. The SMILES string of the molecule is CCCCC(C)n1c(=O)[nH]c(Cl)c(C(C)C)c1=O. The first kappa shape index (κ1) is 15.0. The first-order valence-electron chi connectivity index (χ1n) is 6.44. The zero-order chi connectivity index (χ0) is 13.9. The lowest BCUT2D eigenvalue weighted by atomic mass is 10.1. The summed E-state index contributed by atoms with van der Waals surface area (Å²) in [7, 11) is 0. The minimum absolute atomic E-state index is 0.00789. The molecule has 1 rings (SSSR count). The summed E-state index contributed by atoms with van der Waals surface area (Å²) >= 11 is 5.94. The first-order chi connectivity index (χ1) is 8.40. The first-order valence-corrected chi connectivity index (χ1v) is 6.82. The molecule has 0 aliphatic heterocycles. The predicted molar refractivity (Wildman–Crippen MR) is 74.7 cm³/mol. The van der Waals surface area contributed by atoms with Crippen molar-refractivity contribution in [2.45, 2.75) is 58.9 Å². The summed E-state index contributed by atoms with van der Waals surface area (Å²) in [4.78, 5) is 26.7. The summed E-state index contributed by atoms with van der Waals surface area (Å²) in [5.41, 5.74) is -0.194. The second-order valence-electron chi connectivity index (χ2n) is 4.98. The molecule has 1 heterocycles. The Hall–Kier alpha value is -1.03. The molecule has 0 fully saturated rings. The molecule has 0 spiro atoms. The third-order valence-electron chi connectivity index (χ3n) is 3.11. The minimum Gasteiger partial charge on any atom is -0.297 e. The lowest BCUT2D eigenvalue weighted by molar-refractivity contribution is 0.450. The van der Waals surface area contributed by atoms with E-state index in [1.165, 1.54) is 4.57 Å². The smallest absolute Gasteiger partial charge is 0.297 e. The Morgan fingerprint density at radius 2 is 1.89 bits per heavy atom. The van der Waals surface area contributed by atoms with Crippen LogP contribution >= 0.6 is 11.6 Å². The zero-order valence-electron chi connectivity index (χ0n) is 11.4. The predicted octanol–water partition coefficient (Wildman–Crippen LogP) is 3.06. The van der Waals surface area contributed by atoms with Crippen LogP contribution in [-0.4, -0.2) is 9.55 Å². The third kappa shape index (κ3) is 3.05. The minimum atomic E-state index is -0.419. The summed E-state index contributed by atoms with van der Waals surface area (Å²) < 4.78 is 1.29. The average molecular weight is 273 g/mol. The molecule has 4 nitrogen and oxygen atoms in total. The van der Waals surface area contributed by atoms with E-state index in [4.69, 9.17) is 11.6 Å². The Labute approximate surface area is 112 Å². The molecule has 102 valence electrons. The van der Waals surface area contributed by atoms with Gasteiger partial charge in [-0.3, -0.25) is 14.3 Å². The Bertz CT molecular complexity index is 517. The quantitative estimate of drug-likeness (QED) is 0.838. The van der Waals surface area contributed by atoms with Gasteiger partial charge in [0.1, 0.15) is 5.15 Å². The molecule has 0 aromatic carbocycles. The summed E-state index contributed by atoms with van der Waals surface area (Å²) in [5, 5.41) is 0.166. The van der Waals surface area contributed by atoms with Crippen LogP contribution in [0.15, 0.2) is 9.59 Å². The van der Waals surface area contributed by atoms with Crippen molar-refractivity contribution in [3.05, 3.63) is 31.6 Å². The fraction of sp³-hybridized carbons (Fsp3) is 0.692. The maximum absolute atomic E-state index is 12.3. The number of unbranched alkanes of at least 4 members (excludes halogenated alkanes) is 1. The molecular weight excluding hydrogens is 252 g/mol. The van der Waals surface area contributed by atoms with Crippen LogP contribution in [0.1, 0.15) is 64.5 Å². The van der Waals surface area contributed by atoms with Crippen molar-refractivity contribution in [3.63, 3.8) is 0 Å². The van der Waals surface area contributed by atoms with Crippen LogP contribution in [0.3, 0.4) is 0 Å². The van der Waals surface area contributed by atoms with Crippen LogP contribution in [0.25, 0.3) is 0 Å². The number of halogens is 1. The van der Waals surface area contributed by atoms with Gasteiger partial charge in [-0.05, 0) is 19.3 Å². The van der Waals surface area contributed by atoms with Gasteiger partial charge in [0.2, 0.25) is 0 Å². The fourth-order valence-electron chi connectivity index (χ4n) is 2.07. The highest BCUT2D eigenvalue weighted by Crippen LogP contribution is 2.18. The van der Waals surface area contributed by atoms with Gasteiger partial charge in [0.05, 0.1) is 5.56 Å². The molecule has 0 bridgehead atoms. The van der Waals surface area contributed by atoms with Gasteiger partial charge < -0.3 is 0 Å². The molecule has 1 N–H and O–H groups in total. The molecule has 1 aromatic heterocycles. The van der Waals surface area contributed by atoms with Crippen LogP contribution in [-0.2, 0) is 0 Å². The highest BCUT2D eigenvalue weighted by molar-refractivity contribution is 6.30. The normalized spacial score (nSPS) is 13.0. The summed E-state index contributed by atoms with van der Waals surface area (Å²) in [6.45, 7) is 7.76. The summed E-state index contributed by atoms with van der Waals surface area (Å²) in [6.07, 6.45) is 2.85. The molecule has 1 unspecified atom stereocenters. The van der Waals surface area contributed by atoms with Crippen molar-refractivity contribution in [2.75, 3.05) is 0 Å². The Morgan fingerprint density at radius 3 is 2.39 bits per heavy atom. The number of nitrogens with one attached hydrogen (secondary N) is 1. The van der Waals surface area contributed by atoms with Gasteiger partial charge in [-0.25, -0.2) is 4.79 Å². The van der Waals surface area contributed by atoms with Crippen molar-refractivity contribution in [3.8, 4) is 0 Å². The van der Waals surface area contributed by atoms with Crippen molar-refractivity contribution >= 4 is 11.6 Å². The maximum Gasteiger partial charge on any atom is 0.329 e. The lowest BCUT2D eigenvalue weighted by Crippen LogP contribution is -2.39. The van der Waals surface area contributed by atoms with Crippen LogP contribution in [0.5, 0.6) is 0 Å². The Kier molecular flexibility index (Phi) is 5.20. The second kappa shape index (κ2) is 6.23. The van der Waals surface area contributed by atoms with E-state index in [-0.39, 0.29) is 22.7 Å². The van der Waals surface area contributed by atoms with E-state index < -0.39 is 5.69 Å². The number of aromatic nitrogens is 2. The van der Waals surface area contributed by atoms with Crippen LogP contribution in [0.2, 0.25) is 5.15 Å². The molecule has 0 saturated carbocycles. The summed E-state index contributed by atoms with van der Waals surface area (Å²) in [5.74, 6) is -0.00789. The third-order valence-corrected chi connectivity index (χ3v) is 3.41. The number of rotatable bonds is 5. The second-order valence-corrected chi connectivity index (χ2v) is 5.36. The molecule has 1 aromatic rings. The van der Waals surface area contributed by atoms with Gasteiger partial charge in [0.15, 0.2) is 0 Å². The van der Waals surface area contributed by atoms with Crippen molar-refractivity contribution < 1.29 is 0 Å². The Morgan fingerprint density at radius 1 is 1.28 bits per heavy atom. The van der Waals surface area contributed by atoms with Gasteiger partial charge in [-0.1, -0.05) is 45.2 Å². The van der Waals surface area contributed by atoms with Crippen LogP contribution in [0.4, 0.5) is 0 Å². The van der Waals surface area contributed by atoms with Crippen LogP contribution < -0.4 is 11.2 Å². The van der Waals surface area contributed by atoms with Crippen molar-refractivity contribution in [1.29, 1.82) is 0 Å². The molecular formula is C13H21ClN2O2. The van der Waals surface area contributed by atoms with Gasteiger partial charge >= 0.3 is 5.69 Å². The standard InChI is InChI=1S/C13H21ClN2O2/c1-5-6-7-9(4)16-12(17)10(8(2)3)11(14)15-13(16)18/h8-9H,5-7H2,1-4H3,(H,15,18). The lowest BCUT2D eigenvalue weighted by Gasteiger charge is -2.16. The Balaban J connectivity index is 3.32. The van der Waals surface area contributed by atoms with E-state index >= 15 is 0 Å². The molecule has 1 atom stereocenters. The number of H-pyrrole nitrogens is 1. The van der Waals surface area contributed by atoms with E-state index in [2.05, 4.69) is 11.9 Å². The molecule has 5 heteroatoms. The number of nitrogens with zero attached hydrogens (tertiary/aromatic N) is 1. The highest BCUT2D eigenvalue weighted by Gasteiger charge is 2.18.